The second-order valence-electron chi connectivity index (χ2n) is 4.96. The summed E-state index contributed by atoms with van der Waals surface area (Å²) >= 11 is 0. The predicted octanol–water partition coefficient (Wildman–Crippen LogP) is 1.43. The summed E-state index contributed by atoms with van der Waals surface area (Å²) in [5, 5.41) is 9.30. The zero-order valence-electron chi connectivity index (χ0n) is 13.7. The lowest BCUT2D eigenvalue weighted by molar-refractivity contribution is 0.179. The van der Waals surface area contributed by atoms with E-state index in [9.17, 15) is 5.11 Å². The Balaban J connectivity index is 2.24. The predicted molar refractivity (Wildman–Crippen MR) is 85.9 cm³/mol. The van der Waals surface area contributed by atoms with Crippen LogP contribution in [0.1, 0.15) is 11.4 Å². The maximum atomic E-state index is 9.30. The zero-order valence-corrected chi connectivity index (χ0v) is 13.7. The van der Waals surface area contributed by atoms with Crippen molar-refractivity contribution in [2.24, 2.45) is 0 Å². The highest BCUT2D eigenvalue weighted by Crippen LogP contribution is 2.40. The van der Waals surface area contributed by atoms with E-state index in [2.05, 4.69) is 14.9 Å². The average Bonchev–Trinajstić information content (AvgIpc) is 3.07. The minimum Gasteiger partial charge on any atom is -0.493 e. The molecule has 0 spiro atoms. The number of hydrogen-bond acceptors (Lipinski definition) is 6. The van der Waals surface area contributed by atoms with Gasteiger partial charge < -0.3 is 24.3 Å². The summed E-state index contributed by atoms with van der Waals surface area (Å²) in [4.78, 5) is 9.37. The van der Waals surface area contributed by atoms with Gasteiger partial charge in [0.05, 0.1) is 34.5 Å². The fourth-order valence-electron chi connectivity index (χ4n) is 2.48. The molecule has 0 atom stereocenters. The first-order valence-corrected chi connectivity index (χ1v) is 7.32. The maximum absolute atomic E-state index is 9.30. The molecular weight excluding hydrogens is 298 g/mol. The quantitative estimate of drug-likeness (QED) is 0.727. The average molecular weight is 321 g/mol. The number of nitrogens with zero attached hydrogens (tertiary/aromatic N) is 2. The molecule has 7 heteroatoms. The van der Waals surface area contributed by atoms with Crippen LogP contribution >= 0.6 is 0 Å². The van der Waals surface area contributed by atoms with Gasteiger partial charge in [-0.1, -0.05) is 6.07 Å². The fraction of sp³-hybridized carbons (Fsp3) is 0.438. The van der Waals surface area contributed by atoms with E-state index in [0.29, 0.717) is 36.9 Å². The third-order valence-electron chi connectivity index (χ3n) is 3.52. The van der Waals surface area contributed by atoms with Crippen molar-refractivity contribution in [2.45, 2.75) is 13.1 Å². The van der Waals surface area contributed by atoms with Crippen molar-refractivity contribution in [1.82, 2.24) is 14.9 Å². The molecule has 0 saturated carbocycles. The molecule has 126 valence electrons. The largest absolute Gasteiger partial charge is 0.493 e. The summed E-state index contributed by atoms with van der Waals surface area (Å²) in [6, 6.07) is 3.79. The molecule has 2 rings (SSSR count). The molecule has 0 unspecified atom stereocenters. The van der Waals surface area contributed by atoms with Crippen LogP contribution in [-0.2, 0) is 13.1 Å². The monoisotopic (exact) mass is 321 g/mol. The van der Waals surface area contributed by atoms with Crippen molar-refractivity contribution in [3.05, 3.63) is 35.9 Å². The van der Waals surface area contributed by atoms with Crippen molar-refractivity contribution >= 4 is 0 Å². The summed E-state index contributed by atoms with van der Waals surface area (Å²) in [5.74, 6) is 2.66. The van der Waals surface area contributed by atoms with Gasteiger partial charge in [-0.2, -0.15) is 0 Å². The number of imidazole rings is 1. The van der Waals surface area contributed by atoms with E-state index in [1.54, 1.807) is 33.7 Å². The molecule has 1 heterocycles. The molecule has 1 aromatic carbocycles. The topological polar surface area (TPSA) is 79.8 Å². The van der Waals surface area contributed by atoms with Crippen LogP contribution in [0.3, 0.4) is 0 Å². The third-order valence-corrected chi connectivity index (χ3v) is 3.52. The van der Waals surface area contributed by atoms with E-state index >= 15 is 0 Å². The van der Waals surface area contributed by atoms with Crippen LogP contribution in [0.15, 0.2) is 24.5 Å². The normalized spacial score (nSPS) is 10.8. The molecule has 1 aromatic heterocycles. The number of nitrogens with one attached hydrogen (secondary N) is 1. The summed E-state index contributed by atoms with van der Waals surface area (Å²) in [6.45, 7) is 1.78. The molecular formula is C16H23N3O4. The molecule has 23 heavy (non-hydrogen) atoms. The van der Waals surface area contributed by atoms with Gasteiger partial charge in [0.1, 0.15) is 5.82 Å². The number of aliphatic hydroxyl groups is 1. The van der Waals surface area contributed by atoms with E-state index in [1.807, 2.05) is 12.1 Å². The van der Waals surface area contributed by atoms with Gasteiger partial charge >= 0.3 is 0 Å². The molecule has 2 N–H and O–H groups in total. The molecule has 0 amide bonds. The smallest absolute Gasteiger partial charge is 0.203 e. The molecule has 0 bridgehead atoms. The number of aliphatic hydroxyl groups excluding tert-OH is 1. The summed E-state index contributed by atoms with van der Waals surface area (Å²) in [6.07, 6.45) is 3.49. The number of benzene rings is 1. The van der Waals surface area contributed by atoms with Gasteiger partial charge in [-0.3, -0.25) is 4.90 Å². The molecule has 2 aromatic rings. The van der Waals surface area contributed by atoms with Crippen molar-refractivity contribution in [2.75, 3.05) is 34.5 Å². The molecule has 0 fully saturated rings. The minimum atomic E-state index is 0.0658. The highest BCUT2D eigenvalue weighted by Gasteiger charge is 2.18. The Bertz CT molecular complexity index is 602. The Morgan fingerprint density at radius 2 is 1.87 bits per heavy atom. The first-order valence-electron chi connectivity index (χ1n) is 7.32. The standard InChI is InChI=1S/C16H23N3O4/c1-21-13-5-4-12(15(22-2)16(13)23-3)10-19(8-9-20)11-14-17-6-7-18-14/h4-7,20H,8-11H2,1-3H3,(H,17,18). The number of H-pyrrole nitrogens is 1. The second-order valence-corrected chi connectivity index (χ2v) is 4.96. The van der Waals surface area contributed by atoms with E-state index in [1.165, 1.54) is 0 Å². The van der Waals surface area contributed by atoms with Crippen LogP contribution in [0.4, 0.5) is 0 Å². The van der Waals surface area contributed by atoms with E-state index < -0.39 is 0 Å². The Labute approximate surface area is 135 Å². The first kappa shape index (κ1) is 17.1. The van der Waals surface area contributed by atoms with Crippen molar-refractivity contribution in [1.29, 1.82) is 0 Å². The number of aromatic amines is 1. The van der Waals surface area contributed by atoms with Crippen LogP contribution in [0.25, 0.3) is 0 Å². The fourth-order valence-corrected chi connectivity index (χ4v) is 2.48. The summed E-state index contributed by atoms with van der Waals surface area (Å²) < 4.78 is 16.2. The van der Waals surface area contributed by atoms with Crippen LogP contribution in [0, 0.1) is 0 Å². The summed E-state index contributed by atoms with van der Waals surface area (Å²) in [5.41, 5.74) is 0.949. The first-order chi connectivity index (χ1) is 11.2. The van der Waals surface area contributed by atoms with E-state index in [0.717, 1.165) is 11.4 Å². The number of aromatic nitrogens is 2. The number of hydrogen-bond donors (Lipinski definition) is 2. The zero-order chi connectivity index (χ0) is 16.7. The van der Waals surface area contributed by atoms with Crippen molar-refractivity contribution in [3.63, 3.8) is 0 Å². The van der Waals surface area contributed by atoms with E-state index in [4.69, 9.17) is 14.2 Å². The second kappa shape index (κ2) is 8.40. The Hall–Kier alpha value is -2.25. The lowest BCUT2D eigenvalue weighted by Gasteiger charge is -2.23. The Morgan fingerprint density at radius 1 is 1.09 bits per heavy atom. The Kier molecular flexibility index (Phi) is 6.25. The van der Waals surface area contributed by atoms with E-state index in [-0.39, 0.29) is 6.61 Å². The van der Waals surface area contributed by atoms with Gasteiger partial charge in [0, 0.05) is 31.0 Å². The number of methoxy groups -OCH3 is 3. The van der Waals surface area contributed by atoms with Gasteiger partial charge in [-0.15, -0.1) is 0 Å². The maximum Gasteiger partial charge on any atom is 0.203 e. The van der Waals surface area contributed by atoms with Crippen LogP contribution in [0.5, 0.6) is 17.2 Å². The van der Waals surface area contributed by atoms with Crippen molar-refractivity contribution < 1.29 is 19.3 Å². The molecule has 0 aliphatic carbocycles. The molecule has 0 radical (unpaired) electrons. The van der Waals surface area contributed by atoms with Gasteiger partial charge in [0.25, 0.3) is 0 Å². The lowest BCUT2D eigenvalue weighted by Crippen LogP contribution is -2.26. The van der Waals surface area contributed by atoms with Crippen LogP contribution in [0.2, 0.25) is 0 Å². The molecule has 0 aliphatic rings. The number of rotatable bonds is 9. The SMILES string of the molecule is COc1ccc(CN(CCO)Cc2ncc[nH]2)c(OC)c1OC. The van der Waals surface area contributed by atoms with Crippen LogP contribution < -0.4 is 14.2 Å². The molecule has 0 saturated heterocycles. The molecule has 7 nitrogen and oxygen atoms in total. The number of ether oxygens (including phenoxy) is 3. The summed E-state index contributed by atoms with van der Waals surface area (Å²) in [7, 11) is 4.77. The lowest BCUT2D eigenvalue weighted by atomic mass is 10.1. The van der Waals surface area contributed by atoms with Gasteiger partial charge in [-0.05, 0) is 6.07 Å². The van der Waals surface area contributed by atoms with Gasteiger partial charge in [-0.25, -0.2) is 4.98 Å². The molecule has 0 aliphatic heterocycles. The Morgan fingerprint density at radius 3 is 2.43 bits per heavy atom. The van der Waals surface area contributed by atoms with Crippen LogP contribution in [-0.4, -0.2) is 54.5 Å². The third kappa shape index (κ3) is 4.14. The highest BCUT2D eigenvalue weighted by atomic mass is 16.5. The minimum absolute atomic E-state index is 0.0658. The van der Waals surface area contributed by atoms with Crippen molar-refractivity contribution in [3.8, 4) is 17.2 Å². The van der Waals surface area contributed by atoms with Gasteiger partial charge in [0.15, 0.2) is 11.5 Å². The van der Waals surface area contributed by atoms with Gasteiger partial charge in [0.2, 0.25) is 5.75 Å². The highest BCUT2D eigenvalue weighted by molar-refractivity contribution is 5.55.